The van der Waals surface area contributed by atoms with Crippen LogP contribution in [-0.4, -0.2) is 24.6 Å². The highest BCUT2D eigenvalue weighted by Gasteiger charge is 2.32. The number of thioether (sulfide) groups is 1. The zero-order valence-electron chi connectivity index (χ0n) is 11.8. The highest BCUT2D eigenvalue weighted by atomic mass is 32.2. The minimum atomic E-state index is -0.482. The molecule has 2 amide bonds. The first-order chi connectivity index (χ1) is 10.1. The number of nitriles is 1. The fourth-order valence-electron chi connectivity index (χ4n) is 2.02. The van der Waals surface area contributed by atoms with Crippen molar-refractivity contribution in [2.45, 2.75) is 13.3 Å². The van der Waals surface area contributed by atoms with Gasteiger partial charge in [-0.1, -0.05) is 30.8 Å². The Bertz CT molecular complexity index is 644. The van der Waals surface area contributed by atoms with E-state index in [0.717, 1.165) is 12.0 Å². The van der Waals surface area contributed by atoms with E-state index in [1.165, 1.54) is 23.7 Å². The predicted octanol–water partition coefficient (Wildman–Crippen LogP) is 1.81. The van der Waals surface area contributed by atoms with Gasteiger partial charge in [0, 0.05) is 12.7 Å². The molecule has 6 heteroatoms. The summed E-state index contributed by atoms with van der Waals surface area (Å²) in [7, 11) is 1.46. The van der Waals surface area contributed by atoms with Gasteiger partial charge in [0.15, 0.2) is 0 Å². The first-order valence-electron chi connectivity index (χ1n) is 6.53. The number of carbonyl (C=O) groups is 2. The highest BCUT2D eigenvalue weighted by molar-refractivity contribution is 8.04. The first-order valence-corrected chi connectivity index (χ1v) is 7.52. The summed E-state index contributed by atoms with van der Waals surface area (Å²) >= 11 is 1.21. The minimum Gasteiger partial charge on any atom is -0.354 e. The monoisotopic (exact) mass is 301 g/mol. The molecular weight excluding hydrogens is 286 g/mol. The van der Waals surface area contributed by atoms with Crippen molar-refractivity contribution in [1.29, 1.82) is 5.26 Å². The molecule has 0 radical (unpaired) electrons. The van der Waals surface area contributed by atoms with Crippen LogP contribution in [0.4, 0.5) is 5.69 Å². The van der Waals surface area contributed by atoms with Crippen LogP contribution in [0.5, 0.6) is 0 Å². The Morgan fingerprint density at radius 3 is 2.62 bits per heavy atom. The van der Waals surface area contributed by atoms with E-state index in [4.69, 9.17) is 0 Å². The lowest BCUT2D eigenvalue weighted by molar-refractivity contribution is -0.116. The summed E-state index contributed by atoms with van der Waals surface area (Å²) in [6.45, 7) is 2.05. The van der Waals surface area contributed by atoms with Crippen molar-refractivity contribution in [3.63, 3.8) is 0 Å². The second-order valence-electron chi connectivity index (χ2n) is 4.41. The lowest BCUT2D eigenvalue weighted by Gasteiger charge is -2.18. The third-order valence-corrected chi connectivity index (χ3v) is 4.22. The van der Waals surface area contributed by atoms with Gasteiger partial charge in [0.2, 0.25) is 5.91 Å². The summed E-state index contributed by atoms with van der Waals surface area (Å²) in [5.74, 6) is -0.381. The van der Waals surface area contributed by atoms with Crippen LogP contribution in [0.1, 0.15) is 12.5 Å². The number of carbonyl (C=O) groups excluding carboxylic acids is 2. The topological polar surface area (TPSA) is 73.2 Å². The van der Waals surface area contributed by atoms with E-state index in [9.17, 15) is 14.9 Å². The summed E-state index contributed by atoms with van der Waals surface area (Å²) in [6.07, 6.45) is 0.910. The number of likely N-dealkylation sites (N-methyl/N-ethyl adjacent to an activating group) is 1. The van der Waals surface area contributed by atoms with Crippen LogP contribution in [-0.2, 0) is 16.0 Å². The van der Waals surface area contributed by atoms with Gasteiger partial charge in [-0.05, 0) is 24.1 Å². The van der Waals surface area contributed by atoms with Gasteiger partial charge < -0.3 is 5.32 Å². The number of aryl methyl sites for hydroxylation is 1. The molecule has 0 spiro atoms. The Labute approximate surface area is 127 Å². The van der Waals surface area contributed by atoms with Gasteiger partial charge in [-0.3, -0.25) is 14.5 Å². The molecule has 0 bridgehead atoms. The van der Waals surface area contributed by atoms with E-state index in [2.05, 4.69) is 12.2 Å². The molecule has 1 aromatic rings. The summed E-state index contributed by atoms with van der Waals surface area (Å²) < 4.78 is 0. The average molecular weight is 301 g/mol. The fourth-order valence-corrected chi connectivity index (χ4v) is 3.03. The van der Waals surface area contributed by atoms with Crippen LogP contribution in [0, 0.1) is 11.3 Å². The quantitative estimate of drug-likeness (QED) is 0.682. The Morgan fingerprint density at radius 2 is 2.10 bits per heavy atom. The Hall–Kier alpha value is -2.26. The molecule has 1 aliphatic rings. The molecule has 1 N–H and O–H groups in total. The van der Waals surface area contributed by atoms with Gasteiger partial charge in [0.1, 0.15) is 16.7 Å². The van der Waals surface area contributed by atoms with Crippen molar-refractivity contribution < 1.29 is 9.59 Å². The standard InChI is InChI=1S/C15H15N3O2S/c1-3-10-4-6-11(7-5-10)18-13(19)9-21-15(18)12(8-16)14(20)17-2/h4-7H,3,9H2,1-2H3,(H,17,20)/b15-12-. The number of benzene rings is 1. The van der Waals surface area contributed by atoms with Crippen molar-refractivity contribution in [2.24, 2.45) is 0 Å². The second kappa shape index (κ2) is 6.46. The summed E-state index contributed by atoms with van der Waals surface area (Å²) in [5, 5.41) is 12.0. The second-order valence-corrected chi connectivity index (χ2v) is 5.37. The molecule has 5 nitrogen and oxygen atoms in total. The zero-order chi connectivity index (χ0) is 15.4. The molecule has 0 saturated carbocycles. The smallest absolute Gasteiger partial charge is 0.264 e. The normalized spacial score (nSPS) is 16.6. The van der Waals surface area contributed by atoms with Gasteiger partial charge in [-0.25, -0.2) is 0 Å². The third-order valence-electron chi connectivity index (χ3n) is 3.17. The molecule has 0 aliphatic carbocycles. The lowest BCUT2D eigenvalue weighted by Crippen LogP contribution is -2.28. The molecule has 0 unspecified atom stereocenters. The van der Waals surface area contributed by atoms with Crippen LogP contribution < -0.4 is 10.2 Å². The number of hydrogen-bond donors (Lipinski definition) is 1. The molecule has 2 rings (SSSR count). The maximum Gasteiger partial charge on any atom is 0.264 e. The molecule has 21 heavy (non-hydrogen) atoms. The van der Waals surface area contributed by atoms with Crippen molar-refractivity contribution >= 4 is 29.3 Å². The van der Waals surface area contributed by atoms with Crippen molar-refractivity contribution in [1.82, 2.24) is 5.32 Å². The van der Waals surface area contributed by atoms with Gasteiger partial charge in [0.25, 0.3) is 5.91 Å². The molecule has 1 fully saturated rings. The number of hydrogen-bond acceptors (Lipinski definition) is 4. The molecule has 1 heterocycles. The highest BCUT2D eigenvalue weighted by Crippen LogP contribution is 2.36. The Morgan fingerprint density at radius 1 is 1.43 bits per heavy atom. The maximum absolute atomic E-state index is 12.1. The Kier molecular flexibility index (Phi) is 4.66. The average Bonchev–Trinajstić information content (AvgIpc) is 2.89. The third kappa shape index (κ3) is 2.93. The van der Waals surface area contributed by atoms with Gasteiger partial charge >= 0.3 is 0 Å². The van der Waals surface area contributed by atoms with E-state index in [-0.39, 0.29) is 17.2 Å². The van der Waals surface area contributed by atoms with Crippen LogP contribution in [0.2, 0.25) is 0 Å². The maximum atomic E-state index is 12.1. The van der Waals surface area contributed by atoms with E-state index in [0.29, 0.717) is 10.7 Å². The van der Waals surface area contributed by atoms with Crippen molar-refractivity contribution in [3.8, 4) is 6.07 Å². The molecular formula is C15H15N3O2S. The lowest BCUT2D eigenvalue weighted by atomic mass is 10.1. The largest absolute Gasteiger partial charge is 0.354 e. The van der Waals surface area contributed by atoms with Crippen LogP contribution >= 0.6 is 11.8 Å². The zero-order valence-corrected chi connectivity index (χ0v) is 12.7. The van der Waals surface area contributed by atoms with Crippen molar-refractivity contribution in [2.75, 3.05) is 17.7 Å². The number of rotatable bonds is 3. The fraction of sp³-hybridized carbons (Fsp3) is 0.267. The van der Waals surface area contributed by atoms with Crippen LogP contribution in [0.15, 0.2) is 34.9 Å². The molecule has 1 aliphatic heterocycles. The van der Waals surface area contributed by atoms with E-state index in [1.807, 2.05) is 30.3 Å². The van der Waals surface area contributed by atoms with Crippen LogP contribution in [0.25, 0.3) is 0 Å². The summed E-state index contributed by atoms with van der Waals surface area (Å²) in [4.78, 5) is 25.3. The Balaban J connectivity index is 2.47. The summed E-state index contributed by atoms with van der Waals surface area (Å²) in [5.41, 5.74) is 1.80. The molecule has 108 valence electrons. The SMILES string of the molecule is CCc1ccc(N2C(=O)CS/C2=C(/C#N)C(=O)NC)cc1. The van der Waals surface area contributed by atoms with Gasteiger partial charge in [0.05, 0.1) is 5.75 Å². The predicted molar refractivity (Wildman–Crippen MR) is 82.5 cm³/mol. The van der Waals surface area contributed by atoms with Gasteiger partial charge in [-0.2, -0.15) is 5.26 Å². The van der Waals surface area contributed by atoms with Crippen LogP contribution in [0.3, 0.4) is 0 Å². The van der Waals surface area contributed by atoms with Crippen molar-refractivity contribution in [3.05, 3.63) is 40.4 Å². The first kappa shape index (κ1) is 15.1. The molecule has 1 aromatic carbocycles. The van der Waals surface area contributed by atoms with Gasteiger partial charge in [-0.15, -0.1) is 0 Å². The number of nitrogens with zero attached hydrogens (tertiary/aromatic N) is 2. The number of nitrogens with one attached hydrogen (secondary N) is 1. The number of amides is 2. The van der Waals surface area contributed by atoms with E-state index in [1.54, 1.807) is 0 Å². The minimum absolute atomic E-state index is 0.0343. The summed E-state index contributed by atoms with van der Waals surface area (Å²) in [6, 6.07) is 9.44. The molecule has 0 aromatic heterocycles. The molecule has 1 saturated heterocycles. The number of anilines is 1. The van der Waals surface area contributed by atoms with E-state index < -0.39 is 5.91 Å². The van der Waals surface area contributed by atoms with E-state index >= 15 is 0 Å². The molecule has 0 atom stereocenters.